The molecular weight excluding hydrogens is 340 g/mol. The smallest absolute Gasteiger partial charge is 0.164 e. The van der Waals surface area contributed by atoms with Gasteiger partial charge in [-0.05, 0) is 30.1 Å². The number of rotatable bonds is 6. The molecule has 1 heterocycles. The predicted molar refractivity (Wildman–Crippen MR) is 108 cm³/mol. The van der Waals surface area contributed by atoms with E-state index in [4.69, 9.17) is 18.9 Å². The summed E-state index contributed by atoms with van der Waals surface area (Å²) in [6.45, 7) is 9.12. The molecule has 3 rings (SSSR count). The van der Waals surface area contributed by atoms with Crippen molar-refractivity contribution in [1.29, 1.82) is 0 Å². The van der Waals surface area contributed by atoms with Crippen molar-refractivity contribution in [3.05, 3.63) is 23.3 Å². The van der Waals surface area contributed by atoms with Gasteiger partial charge in [0.1, 0.15) is 0 Å². The zero-order chi connectivity index (χ0) is 19.8. The van der Waals surface area contributed by atoms with Gasteiger partial charge in [0.05, 0.1) is 19.8 Å². The normalized spacial score (nSPS) is 29.6. The zero-order valence-corrected chi connectivity index (χ0v) is 18.1. The standard InChI is InChI=1S/C23H36O4/c1-15(2)17-10-9-16(20(25-6)21(17)26-7)14-23-12-8-11-22(3,4)18(23)13-19(24-5)27-23/h9-10,15,18-19H,8,11-14H2,1-7H3/t18-,19?,23-/m0/s1. The largest absolute Gasteiger partial charge is 0.493 e. The molecule has 4 nitrogen and oxygen atoms in total. The van der Waals surface area contributed by atoms with Crippen LogP contribution in [0.15, 0.2) is 12.1 Å². The molecule has 0 N–H and O–H groups in total. The summed E-state index contributed by atoms with van der Waals surface area (Å²) in [6.07, 6.45) is 5.18. The van der Waals surface area contributed by atoms with Crippen LogP contribution in [0, 0.1) is 11.3 Å². The van der Waals surface area contributed by atoms with Gasteiger partial charge in [0.15, 0.2) is 17.8 Å². The van der Waals surface area contributed by atoms with Crippen LogP contribution in [0.1, 0.15) is 70.4 Å². The van der Waals surface area contributed by atoms with Gasteiger partial charge >= 0.3 is 0 Å². The van der Waals surface area contributed by atoms with Crippen molar-refractivity contribution in [3.63, 3.8) is 0 Å². The highest BCUT2D eigenvalue weighted by Crippen LogP contribution is 2.56. The third-order valence-corrected chi connectivity index (χ3v) is 6.80. The van der Waals surface area contributed by atoms with E-state index in [-0.39, 0.29) is 17.3 Å². The van der Waals surface area contributed by atoms with Gasteiger partial charge < -0.3 is 18.9 Å². The van der Waals surface area contributed by atoms with Crippen LogP contribution in [-0.4, -0.2) is 33.2 Å². The second kappa shape index (κ2) is 7.63. The quantitative estimate of drug-likeness (QED) is 0.673. The first-order chi connectivity index (χ1) is 12.8. The molecule has 0 spiro atoms. The van der Waals surface area contributed by atoms with Gasteiger partial charge in [0.2, 0.25) is 0 Å². The minimum absolute atomic E-state index is 0.116. The number of fused-ring (bicyclic) bond motifs is 1. The summed E-state index contributed by atoms with van der Waals surface area (Å²) in [5, 5.41) is 0. The summed E-state index contributed by atoms with van der Waals surface area (Å²) >= 11 is 0. The van der Waals surface area contributed by atoms with E-state index in [9.17, 15) is 0 Å². The fourth-order valence-electron chi connectivity index (χ4n) is 5.45. The minimum atomic E-state index is -0.194. The van der Waals surface area contributed by atoms with E-state index < -0.39 is 0 Å². The summed E-state index contributed by atoms with van der Waals surface area (Å²) in [6, 6.07) is 4.39. The first kappa shape index (κ1) is 20.5. The van der Waals surface area contributed by atoms with Crippen LogP contribution >= 0.6 is 0 Å². The summed E-state index contributed by atoms with van der Waals surface area (Å²) in [4.78, 5) is 0. The molecule has 1 aliphatic carbocycles. The Morgan fingerprint density at radius 3 is 2.37 bits per heavy atom. The molecule has 152 valence electrons. The van der Waals surface area contributed by atoms with E-state index in [1.165, 1.54) is 24.0 Å². The number of hydrogen-bond donors (Lipinski definition) is 0. The van der Waals surface area contributed by atoms with E-state index in [0.29, 0.717) is 11.8 Å². The van der Waals surface area contributed by atoms with Crippen LogP contribution < -0.4 is 9.47 Å². The average molecular weight is 377 g/mol. The molecule has 0 radical (unpaired) electrons. The van der Waals surface area contributed by atoms with Crippen molar-refractivity contribution < 1.29 is 18.9 Å². The molecule has 0 bridgehead atoms. The number of hydrogen-bond acceptors (Lipinski definition) is 4. The van der Waals surface area contributed by atoms with Crippen molar-refractivity contribution in [2.75, 3.05) is 21.3 Å². The lowest BCUT2D eigenvalue weighted by Gasteiger charge is -2.47. The molecule has 4 heteroatoms. The molecule has 1 aromatic rings. The van der Waals surface area contributed by atoms with Gasteiger partial charge in [0.25, 0.3) is 0 Å². The third-order valence-electron chi connectivity index (χ3n) is 6.80. The second-order valence-electron chi connectivity index (χ2n) is 9.19. The minimum Gasteiger partial charge on any atom is -0.493 e. The fourth-order valence-corrected chi connectivity index (χ4v) is 5.45. The molecule has 1 aliphatic heterocycles. The van der Waals surface area contributed by atoms with Crippen LogP contribution in [-0.2, 0) is 15.9 Å². The van der Waals surface area contributed by atoms with Crippen molar-refractivity contribution in [3.8, 4) is 11.5 Å². The van der Waals surface area contributed by atoms with Gasteiger partial charge in [-0.2, -0.15) is 0 Å². The Morgan fingerprint density at radius 1 is 1.07 bits per heavy atom. The summed E-state index contributed by atoms with van der Waals surface area (Å²) < 4.78 is 23.8. The Bertz CT molecular complexity index is 667. The average Bonchev–Trinajstić information content (AvgIpc) is 3.01. The van der Waals surface area contributed by atoms with E-state index in [1.807, 2.05) is 0 Å². The van der Waals surface area contributed by atoms with E-state index in [2.05, 4.69) is 39.8 Å². The number of methoxy groups -OCH3 is 3. The Balaban J connectivity index is 2.02. The van der Waals surface area contributed by atoms with Gasteiger partial charge in [-0.25, -0.2) is 0 Å². The Hall–Kier alpha value is -1.26. The van der Waals surface area contributed by atoms with E-state index >= 15 is 0 Å². The van der Waals surface area contributed by atoms with Gasteiger partial charge in [0, 0.05) is 31.1 Å². The monoisotopic (exact) mass is 376 g/mol. The molecule has 0 aromatic heterocycles. The Morgan fingerprint density at radius 2 is 1.78 bits per heavy atom. The molecule has 1 saturated carbocycles. The molecular formula is C23H36O4. The molecule has 1 unspecified atom stereocenters. The maximum absolute atomic E-state index is 6.57. The van der Waals surface area contributed by atoms with Crippen LogP contribution in [0.2, 0.25) is 0 Å². The molecule has 2 aliphatic rings. The first-order valence-corrected chi connectivity index (χ1v) is 10.2. The SMILES string of the molecule is COc1c(C[C@@]23CCCC(C)(C)[C@@H]2CC(OC)O3)ccc(C(C)C)c1OC. The van der Waals surface area contributed by atoms with Crippen molar-refractivity contribution in [2.24, 2.45) is 11.3 Å². The van der Waals surface area contributed by atoms with Gasteiger partial charge in [-0.1, -0.05) is 46.2 Å². The summed E-state index contributed by atoms with van der Waals surface area (Å²) in [5.41, 5.74) is 2.40. The van der Waals surface area contributed by atoms with Crippen LogP contribution in [0.5, 0.6) is 11.5 Å². The highest BCUT2D eigenvalue weighted by Gasteiger charge is 2.56. The second-order valence-corrected chi connectivity index (χ2v) is 9.19. The van der Waals surface area contributed by atoms with Crippen molar-refractivity contribution in [2.45, 2.75) is 77.6 Å². The lowest BCUT2D eigenvalue weighted by atomic mass is 9.60. The summed E-state index contributed by atoms with van der Waals surface area (Å²) in [7, 11) is 5.22. The fraction of sp³-hybridized carbons (Fsp3) is 0.739. The molecule has 1 aromatic carbocycles. The third kappa shape index (κ3) is 3.58. The molecule has 27 heavy (non-hydrogen) atoms. The van der Waals surface area contributed by atoms with Crippen molar-refractivity contribution in [1.82, 2.24) is 0 Å². The van der Waals surface area contributed by atoms with Crippen LogP contribution in [0.25, 0.3) is 0 Å². The maximum atomic E-state index is 6.57. The van der Waals surface area contributed by atoms with E-state index in [1.54, 1.807) is 21.3 Å². The van der Waals surface area contributed by atoms with Crippen molar-refractivity contribution >= 4 is 0 Å². The lowest BCUT2D eigenvalue weighted by molar-refractivity contribution is -0.174. The lowest BCUT2D eigenvalue weighted by Crippen LogP contribution is -2.48. The maximum Gasteiger partial charge on any atom is 0.164 e. The van der Waals surface area contributed by atoms with Gasteiger partial charge in [-0.15, -0.1) is 0 Å². The molecule has 3 atom stereocenters. The molecule has 1 saturated heterocycles. The summed E-state index contributed by atoms with van der Waals surface area (Å²) in [5.74, 6) is 2.56. The van der Waals surface area contributed by atoms with Crippen LogP contribution in [0.4, 0.5) is 0 Å². The first-order valence-electron chi connectivity index (χ1n) is 10.2. The van der Waals surface area contributed by atoms with Gasteiger partial charge in [-0.3, -0.25) is 0 Å². The highest BCUT2D eigenvalue weighted by atomic mass is 16.7. The Labute approximate surface area is 164 Å². The zero-order valence-electron chi connectivity index (χ0n) is 18.1. The topological polar surface area (TPSA) is 36.9 Å². The Kier molecular flexibility index (Phi) is 5.79. The highest BCUT2D eigenvalue weighted by molar-refractivity contribution is 5.53. The number of ether oxygens (including phenoxy) is 4. The van der Waals surface area contributed by atoms with Crippen LogP contribution in [0.3, 0.4) is 0 Å². The molecule has 0 amide bonds. The molecule has 2 fully saturated rings. The predicted octanol–water partition coefficient (Wildman–Crippen LogP) is 5.33. The number of benzene rings is 1. The van der Waals surface area contributed by atoms with E-state index in [0.717, 1.165) is 30.8 Å².